The van der Waals surface area contributed by atoms with E-state index in [2.05, 4.69) is 30.5 Å². The Kier molecular flexibility index (Phi) is 8.49. The monoisotopic (exact) mass is 584 g/mol. The molecule has 0 bridgehead atoms. The third-order valence-electron chi connectivity index (χ3n) is 6.49. The first-order valence-electron chi connectivity index (χ1n) is 13.0. The number of morpholine rings is 1. The molecule has 0 unspecified atom stereocenters. The van der Waals surface area contributed by atoms with Crippen LogP contribution in [-0.2, 0) is 10.9 Å². The van der Waals surface area contributed by atoms with Crippen molar-refractivity contribution in [1.82, 2.24) is 24.4 Å². The summed E-state index contributed by atoms with van der Waals surface area (Å²) in [5.41, 5.74) is 5.56. The van der Waals surface area contributed by atoms with Crippen molar-refractivity contribution in [3.63, 3.8) is 0 Å². The van der Waals surface area contributed by atoms with Gasteiger partial charge in [0.1, 0.15) is 23.1 Å². The summed E-state index contributed by atoms with van der Waals surface area (Å²) in [6, 6.07) is 7.83. The number of aromatic nitrogens is 4. The van der Waals surface area contributed by atoms with Crippen molar-refractivity contribution in [2.45, 2.75) is 12.6 Å². The molecule has 4 aromatic rings. The number of benzene rings is 1. The van der Waals surface area contributed by atoms with E-state index in [0.717, 1.165) is 25.4 Å². The summed E-state index contributed by atoms with van der Waals surface area (Å²) < 4.78 is 53.4. The van der Waals surface area contributed by atoms with E-state index >= 15 is 0 Å². The summed E-state index contributed by atoms with van der Waals surface area (Å²) in [7, 11) is 0. The van der Waals surface area contributed by atoms with Crippen LogP contribution in [-0.4, -0.2) is 69.9 Å². The van der Waals surface area contributed by atoms with Gasteiger partial charge in [-0.2, -0.15) is 13.2 Å². The number of carbonyl (C=O) groups is 1. The lowest BCUT2D eigenvalue weighted by molar-refractivity contribution is -0.139. The number of nitrogens with two attached hydrogens (primary N) is 1. The molecule has 3 aromatic heterocycles. The number of fused-ring (bicyclic) bond motifs is 1. The predicted octanol–water partition coefficient (Wildman–Crippen LogP) is 3.52. The zero-order chi connectivity index (χ0) is 29.7. The van der Waals surface area contributed by atoms with Crippen LogP contribution in [0.25, 0.3) is 16.7 Å². The second-order valence-electron chi connectivity index (χ2n) is 9.36. The lowest BCUT2D eigenvalue weighted by Gasteiger charge is -2.26. The number of carbonyl (C=O) groups excluding carboxylic acids is 1. The van der Waals surface area contributed by atoms with E-state index in [1.807, 2.05) is 0 Å². The molecule has 0 atom stereocenters. The average molecular weight is 585 g/mol. The molecule has 4 N–H and O–H groups in total. The molecule has 15 heteroatoms. The Morgan fingerprint density at radius 1 is 1.05 bits per heavy atom. The van der Waals surface area contributed by atoms with Crippen molar-refractivity contribution in [2.75, 3.05) is 55.8 Å². The number of ether oxygens (including phenoxy) is 2. The van der Waals surface area contributed by atoms with Gasteiger partial charge in [-0.05, 0) is 36.8 Å². The van der Waals surface area contributed by atoms with Crippen molar-refractivity contribution in [1.29, 1.82) is 0 Å². The maximum absolute atomic E-state index is 13.7. The van der Waals surface area contributed by atoms with Crippen LogP contribution < -0.4 is 26.5 Å². The lowest BCUT2D eigenvalue weighted by Crippen LogP contribution is -2.37. The van der Waals surface area contributed by atoms with Crippen LogP contribution in [0.3, 0.4) is 0 Å². The second-order valence-corrected chi connectivity index (χ2v) is 9.36. The number of alkyl halides is 3. The molecule has 12 nitrogen and oxygen atoms in total. The predicted molar refractivity (Wildman–Crippen MR) is 149 cm³/mol. The number of urea groups is 1. The van der Waals surface area contributed by atoms with Gasteiger partial charge in [-0.3, -0.25) is 9.69 Å². The molecule has 1 aliphatic rings. The molecule has 0 saturated carbocycles. The van der Waals surface area contributed by atoms with Crippen LogP contribution in [0, 0.1) is 0 Å². The van der Waals surface area contributed by atoms with E-state index in [9.17, 15) is 22.8 Å². The number of pyridine rings is 2. The highest BCUT2D eigenvalue weighted by molar-refractivity contribution is 5.99. The molecule has 1 saturated heterocycles. The van der Waals surface area contributed by atoms with E-state index in [4.69, 9.17) is 15.2 Å². The van der Waals surface area contributed by atoms with Gasteiger partial charge in [0, 0.05) is 43.3 Å². The molecule has 1 fully saturated rings. The number of hydrogen-bond acceptors (Lipinski definition) is 9. The fourth-order valence-corrected chi connectivity index (χ4v) is 4.43. The smallest absolute Gasteiger partial charge is 0.421 e. The van der Waals surface area contributed by atoms with Gasteiger partial charge in [0.05, 0.1) is 31.7 Å². The summed E-state index contributed by atoms with van der Waals surface area (Å²) in [4.78, 5) is 38.7. The molecule has 4 heterocycles. The Bertz CT molecular complexity index is 1620. The van der Waals surface area contributed by atoms with E-state index in [0.29, 0.717) is 43.2 Å². The van der Waals surface area contributed by atoms with Crippen LogP contribution in [0.5, 0.6) is 5.88 Å². The molecule has 42 heavy (non-hydrogen) atoms. The highest BCUT2D eigenvalue weighted by Gasteiger charge is 2.36. The largest absolute Gasteiger partial charge is 0.477 e. The Balaban J connectivity index is 1.22. The number of amides is 2. The molecular weight excluding hydrogens is 557 g/mol. The zero-order valence-corrected chi connectivity index (χ0v) is 22.2. The van der Waals surface area contributed by atoms with Gasteiger partial charge in [0.25, 0.3) is 0 Å². The van der Waals surface area contributed by atoms with Crippen LogP contribution in [0.4, 0.5) is 35.2 Å². The summed E-state index contributed by atoms with van der Waals surface area (Å²) in [6.07, 6.45) is -0.323. The maximum Gasteiger partial charge on any atom is 0.421 e. The van der Waals surface area contributed by atoms with Gasteiger partial charge in [0.15, 0.2) is 11.1 Å². The van der Waals surface area contributed by atoms with Gasteiger partial charge < -0.3 is 30.4 Å². The van der Waals surface area contributed by atoms with Gasteiger partial charge in [-0.1, -0.05) is 0 Å². The maximum atomic E-state index is 13.7. The summed E-state index contributed by atoms with van der Waals surface area (Å²) in [5.74, 6) is -0.492. The van der Waals surface area contributed by atoms with E-state index in [1.165, 1.54) is 18.6 Å². The van der Waals surface area contributed by atoms with Crippen molar-refractivity contribution < 1.29 is 27.4 Å². The van der Waals surface area contributed by atoms with Crippen molar-refractivity contribution in [2.24, 2.45) is 0 Å². The molecule has 2 amide bonds. The summed E-state index contributed by atoms with van der Waals surface area (Å²) >= 11 is 0. The quantitative estimate of drug-likeness (QED) is 0.265. The topological polar surface area (TPSA) is 150 Å². The Labute approximate surface area is 237 Å². The number of hydrogen-bond donors (Lipinski definition) is 3. The summed E-state index contributed by atoms with van der Waals surface area (Å²) in [6.45, 7) is 3.55. The van der Waals surface area contributed by atoms with Gasteiger partial charge in [0.2, 0.25) is 5.88 Å². The fourth-order valence-electron chi connectivity index (χ4n) is 4.43. The third kappa shape index (κ3) is 6.75. The highest BCUT2D eigenvalue weighted by atomic mass is 19.4. The van der Waals surface area contributed by atoms with Crippen LogP contribution >= 0.6 is 0 Å². The molecule has 5 rings (SSSR count). The zero-order valence-electron chi connectivity index (χ0n) is 22.2. The molecule has 1 aromatic carbocycles. The van der Waals surface area contributed by atoms with E-state index < -0.39 is 23.7 Å². The SMILES string of the molecule is Nc1ncnc2c1c(=O)ccn2-c1ccc(NC(=O)Nc2cnc(OCCCN3CCOCC3)c(C(F)(F)F)c2)cc1. The van der Waals surface area contributed by atoms with Crippen LogP contribution in [0.2, 0.25) is 0 Å². The van der Waals surface area contributed by atoms with Crippen molar-refractivity contribution >= 4 is 34.3 Å². The van der Waals surface area contributed by atoms with E-state index in [1.54, 1.807) is 28.8 Å². The van der Waals surface area contributed by atoms with Gasteiger partial charge in [-0.15, -0.1) is 0 Å². The molecule has 0 aliphatic carbocycles. The van der Waals surface area contributed by atoms with Gasteiger partial charge in [-0.25, -0.2) is 19.7 Å². The van der Waals surface area contributed by atoms with E-state index in [-0.39, 0.29) is 28.9 Å². The van der Waals surface area contributed by atoms with Crippen molar-refractivity contribution in [3.05, 3.63) is 70.9 Å². The van der Waals surface area contributed by atoms with Crippen molar-refractivity contribution in [3.8, 4) is 11.6 Å². The Morgan fingerprint density at radius 2 is 1.79 bits per heavy atom. The standard InChI is InChI=1S/C27H27F3N8O4/c28-27(29,30)20-14-18(15-32-25(20)42-11-1-7-37-9-12-41-13-10-37)36-26(40)35-17-2-4-19(5-3-17)38-8-6-21(39)22-23(31)33-16-34-24(22)38/h2-6,8,14-16H,1,7,9-13H2,(H2,31,33,34)(H2,35,36,40). The lowest BCUT2D eigenvalue weighted by atomic mass is 10.2. The normalized spacial score (nSPS) is 14.1. The fraction of sp³-hybridized carbons (Fsp3) is 0.296. The number of nitrogens with zero attached hydrogens (tertiary/aromatic N) is 5. The molecule has 220 valence electrons. The average Bonchev–Trinajstić information content (AvgIpc) is 2.97. The number of nitrogen functional groups attached to an aromatic ring is 1. The van der Waals surface area contributed by atoms with Gasteiger partial charge >= 0.3 is 12.2 Å². The minimum Gasteiger partial charge on any atom is -0.477 e. The highest BCUT2D eigenvalue weighted by Crippen LogP contribution is 2.36. The van der Waals surface area contributed by atoms with Crippen LogP contribution in [0.1, 0.15) is 12.0 Å². The third-order valence-corrected chi connectivity index (χ3v) is 6.49. The summed E-state index contributed by atoms with van der Waals surface area (Å²) in [5, 5.41) is 5.11. The Morgan fingerprint density at radius 3 is 2.52 bits per heavy atom. The molecular formula is C27H27F3N8O4. The first kappa shape index (κ1) is 28.8. The number of anilines is 3. The minimum absolute atomic E-state index is 0.0563. The first-order chi connectivity index (χ1) is 20.2. The number of nitrogens with one attached hydrogen (secondary N) is 2. The molecule has 1 aliphatic heterocycles. The second kappa shape index (κ2) is 12.4. The molecule has 0 radical (unpaired) electrons. The first-order valence-corrected chi connectivity index (χ1v) is 13.0. The Hall–Kier alpha value is -4.76. The molecule has 0 spiro atoms. The van der Waals surface area contributed by atoms with Crippen LogP contribution in [0.15, 0.2) is 59.9 Å². The minimum atomic E-state index is -4.74. The number of halogens is 3. The number of rotatable bonds is 8.